The number of nitrogens with zero attached hydrogens (tertiary/aromatic N) is 1. The SMILES string of the molecule is CCCC[C@H](NS(=O)(=O)c1ccc2c(c1)CC(C)N2C(C)=O)C(=O)O. The third-order valence-corrected chi connectivity index (χ3v) is 5.83. The summed E-state index contributed by atoms with van der Waals surface area (Å²) in [6, 6.07) is 3.36. The van der Waals surface area contributed by atoms with Gasteiger partial charge in [-0.15, -0.1) is 0 Å². The Morgan fingerprint density at radius 1 is 1.40 bits per heavy atom. The Kier molecular flexibility index (Phi) is 5.84. The average Bonchev–Trinajstić information content (AvgIpc) is 2.85. The lowest BCUT2D eigenvalue weighted by molar-refractivity contribution is -0.139. The molecule has 1 aliphatic rings. The molecule has 1 heterocycles. The first-order valence-corrected chi connectivity index (χ1v) is 9.83. The molecule has 138 valence electrons. The molecule has 1 unspecified atom stereocenters. The number of amides is 1. The summed E-state index contributed by atoms with van der Waals surface area (Å²) in [6.45, 7) is 5.29. The number of fused-ring (bicyclic) bond motifs is 1. The molecule has 25 heavy (non-hydrogen) atoms. The average molecular weight is 368 g/mol. The van der Waals surface area contributed by atoms with Crippen LogP contribution in [-0.2, 0) is 26.0 Å². The number of hydrogen-bond acceptors (Lipinski definition) is 4. The van der Waals surface area contributed by atoms with Crippen molar-refractivity contribution >= 4 is 27.6 Å². The zero-order valence-electron chi connectivity index (χ0n) is 14.7. The van der Waals surface area contributed by atoms with Gasteiger partial charge in [-0.2, -0.15) is 4.72 Å². The Balaban J connectivity index is 2.28. The highest BCUT2D eigenvalue weighted by Gasteiger charge is 2.31. The van der Waals surface area contributed by atoms with E-state index in [1.54, 1.807) is 11.0 Å². The largest absolute Gasteiger partial charge is 0.480 e. The third kappa shape index (κ3) is 4.19. The number of sulfonamides is 1. The summed E-state index contributed by atoms with van der Waals surface area (Å²) in [7, 11) is -3.95. The van der Waals surface area contributed by atoms with E-state index in [1.807, 2.05) is 13.8 Å². The zero-order valence-corrected chi connectivity index (χ0v) is 15.5. The Labute approximate surface area is 148 Å². The maximum atomic E-state index is 12.6. The van der Waals surface area contributed by atoms with Crippen LogP contribution in [0.2, 0.25) is 0 Å². The first-order valence-electron chi connectivity index (χ1n) is 8.35. The summed E-state index contributed by atoms with van der Waals surface area (Å²) in [5, 5.41) is 9.22. The molecule has 0 aromatic heterocycles. The molecule has 2 atom stereocenters. The highest BCUT2D eigenvalue weighted by atomic mass is 32.2. The normalized spacial score (nSPS) is 18.0. The number of carboxylic acid groups (broad SMARTS) is 1. The molecule has 0 saturated heterocycles. The van der Waals surface area contributed by atoms with Crippen molar-refractivity contribution in [2.75, 3.05) is 4.90 Å². The van der Waals surface area contributed by atoms with Crippen LogP contribution in [-0.4, -0.2) is 37.5 Å². The van der Waals surface area contributed by atoms with Crippen molar-refractivity contribution in [3.8, 4) is 0 Å². The topological polar surface area (TPSA) is 104 Å². The van der Waals surface area contributed by atoms with Gasteiger partial charge < -0.3 is 10.0 Å². The fourth-order valence-corrected chi connectivity index (χ4v) is 4.42. The van der Waals surface area contributed by atoms with Crippen molar-refractivity contribution in [3.63, 3.8) is 0 Å². The van der Waals surface area contributed by atoms with Crippen LogP contribution in [0.5, 0.6) is 0 Å². The van der Waals surface area contributed by atoms with Crippen LogP contribution >= 0.6 is 0 Å². The minimum atomic E-state index is -3.95. The summed E-state index contributed by atoms with van der Waals surface area (Å²) >= 11 is 0. The van der Waals surface area contributed by atoms with Crippen LogP contribution in [0.15, 0.2) is 23.1 Å². The molecule has 1 aromatic carbocycles. The van der Waals surface area contributed by atoms with Crippen molar-refractivity contribution in [2.24, 2.45) is 0 Å². The summed E-state index contributed by atoms with van der Waals surface area (Å²) in [5.74, 6) is -1.28. The molecule has 0 saturated carbocycles. The van der Waals surface area contributed by atoms with Gasteiger partial charge >= 0.3 is 5.97 Å². The number of carbonyl (C=O) groups is 2. The van der Waals surface area contributed by atoms with Crippen LogP contribution in [0.25, 0.3) is 0 Å². The van der Waals surface area contributed by atoms with Crippen LogP contribution in [0.3, 0.4) is 0 Å². The molecule has 0 radical (unpaired) electrons. The van der Waals surface area contributed by atoms with E-state index < -0.39 is 22.0 Å². The number of rotatable bonds is 7. The maximum absolute atomic E-state index is 12.6. The molecular formula is C17H24N2O5S. The standard InChI is InChI=1S/C17H24N2O5S/c1-4-5-6-15(17(21)22)18-25(23,24)14-7-8-16-13(10-14)9-11(2)19(16)12(3)20/h7-8,10-11,15,18H,4-6,9H2,1-3H3,(H,21,22)/t11?,15-/m0/s1. The number of hydrogen-bond donors (Lipinski definition) is 2. The quantitative estimate of drug-likeness (QED) is 0.765. The van der Waals surface area contributed by atoms with E-state index in [0.29, 0.717) is 18.5 Å². The molecule has 7 nitrogen and oxygen atoms in total. The zero-order chi connectivity index (χ0) is 18.8. The van der Waals surface area contributed by atoms with E-state index in [-0.39, 0.29) is 23.3 Å². The monoisotopic (exact) mass is 368 g/mol. The fourth-order valence-electron chi connectivity index (χ4n) is 3.15. The van der Waals surface area contributed by atoms with E-state index in [9.17, 15) is 23.1 Å². The molecule has 0 aliphatic carbocycles. The molecular weight excluding hydrogens is 344 g/mol. The second kappa shape index (κ2) is 7.53. The van der Waals surface area contributed by atoms with Crippen molar-refractivity contribution in [3.05, 3.63) is 23.8 Å². The predicted octanol–water partition coefficient (Wildman–Crippen LogP) is 1.91. The summed E-state index contributed by atoms with van der Waals surface area (Å²) in [6.07, 6.45) is 2.21. The third-order valence-electron chi connectivity index (χ3n) is 4.36. The molecule has 1 aromatic rings. The number of nitrogens with one attached hydrogen (secondary N) is 1. The lowest BCUT2D eigenvalue weighted by Gasteiger charge is -2.20. The second-order valence-corrected chi connectivity index (χ2v) is 8.10. The van der Waals surface area contributed by atoms with E-state index in [2.05, 4.69) is 4.72 Å². The van der Waals surface area contributed by atoms with E-state index in [4.69, 9.17) is 0 Å². The summed E-state index contributed by atoms with van der Waals surface area (Å²) in [4.78, 5) is 24.7. The van der Waals surface area contributed by atoms with Gasteiger partial charge in [-0.05, 0) is 43.5 Å². The predicted molar refractivity (Wildman–Crippen MR) is 94.0 cm³/mol. The van der Waals surface area contributed by atoms with Crippen molar-refractivity contribution in [1.82, 2.24) is 4.72 Å². The van der Waals surface area contributed by atoms with Gasteiger partial charge in [0.05, 0.1) is 4.90 Å². The molecule has 0 bridgehead atoms. The first-order chi connectivity index (χ1) is 11.7. The lowest BCUT2D eigenvalue weighted by Crippen LogP contribution is -2.40. The molecule has 0 spiro atoms. The molecule has 0 fully saturated rings. The summed E-state index contributed by atoms with van der Waals surface area (Å²) < 4.78 is 27.4. The van der Waals surface area contributed by atoms with Gasteiger partial charge in [0.1, 0.15) is 6.04 Å². The maximum Gasteiger partial charge on any atom is 0.321 e. The van der Waals surface area contributed by atoms with Gasteiger partial charge in [-0.3, -0.25) is 9.59 Å². The Hall–Kier alpha value is -1.93. The van der Waals surface area contributed by atoms with Crippen molar-refractivity contribution in [2.45, 2.75) is 63.4 Å². The number of anilines is 1. The molecule has 1 amide bonds. The highest BCUT2D eigenvalue weighted by Crippen LogP contribution is 2.33. The van der Waals surface area contributed by atoms with E-state index in [1.165, 1.54) is 19.1 Å². The van der Waals surface area contributed by atoms with E-state index >= 15 is 0 Å². The van der Waals surface area contributed by atoms with Crippen LogP contribution in [0.4, 0.5) is 5.69 Å². The number of benzene rings is 1. The number of unbranched alkanes of at least 4 members (excludes halogenated alkanes) is 1. The molecule has 2 N–H and O–H groups in total. The summed E-state index contributed by atoms with van der Waals surface area (Å²) in [5.41, 5.74) is 1.48. The van der Waals surface area contributed by atoms with Gasteiger partial charge in [0.25, 0.3) is 0 Å². The Bertz CT molecular complexity index is 775. The second-order valence-electron chi connectivity index (χ2n) is 6.39. The van der Waals surface area contributed by atoms with Gasteiger partial charge in [0, 0.05) is 18.7 Å². The van der Waals surface area contributed by atoms with Crippen LogP contribution < -0.4 is 9.62 Å². The minimum absolute atomic E-state index is 0.0200. The molecule has 1 aliphatic heterocycles. The van der Waals surface area contributed by atoms with Gasteiger partial charge in [-0.1, -0.05) is 19.8 Å². The number of carboxylic acids is 1. The number of aliphatic carboxylic acids is 1. The van der Waals surface area contributed by atoms with Gasteiger partial charge in [0.2, 0.25) is 15.9 Å². The van der Waals surface area contributed by atoms with Crippen molar-refractivity contribution in [1.29, 1.82) is 0 Å². The Morgan fingerprint density at radius 2 is 2.08 bits per heavy atom. The van der Waals surface area contributed by atoms with Crippen molar-refractivity contribution < 1.29 is 23.1 Å². The number of carbonyl (C=O) groups excluding carboxylic acids is 1. The fraction of sp³-hybridized carbons (Fsp3) is 0.529. The smallest absolute Gasteiger partial charge is 0.321 e. The van der Waals surface area contributed by atoms with Crippen LogP contribution in [0, 0.1) is 0 Å². The molecule has 8 heteroatoms. The highest BCUT2D eigenvalue weighted by molar-refractivity contribution is 7.89. The molecule has 2 rings (SSSR count). The first kappa shape index (κ1) is 19.4. The van der Waals surface area contributed by atoms with E-state index in [0.717, 1.165) is 12.0 Å². The van der Waals surface area contributed by atoms with Crippen LogP contribution in [0.1, 0.15) is 45.6 Å². The Morgan fingerprint density at radius 3 is 2.64 bits per heavy atom. The van der Waals surface area contributed by atoms with Gasteiger partial charge in [0.15, 0.2) is 0 Å². The lowest BCUT2D eigenvalue weighted by atomic mass is 10.1. The van der Waals surface area contributed by atoms with Gasteiger partial charge in [-0.25, -0.2) is 8.42 Å². The minimum Gasteiger partial charge on any atom is -0.480 e.